The largest absolute Gasteiger partial charge is 0.466 e. The summed E-state index contributed by atoms with van der Waals surface area (Å²) in [6, 6.07) is 0. The van der Waals surface area contributed by atoms with Gasteiger partial charge in [-0.3, -0.25) is 9.59 Å². The van der Waals surface area contributed by atoms with E-state index in [1.807, 2.05) is 0 Å². The Morgan fingerprint density at radius 2 is 0.723 bits per heavy atom. The van der Waals surface area contributed by atoms with Crippen molar-refractivity contribution in [1.82, 2.24) is 15.1 Å². The molecule has 0 bridgehead atoms. The number of esters is 2. The van der Waals surface area contributed by atoms with E-state index in [9.17, 15) is 14.4 Å². The van der Waals surface area contributed by atoms with Crippen LogP contribution in [-0.2, 0) is 23.8 Å². The predicted molar refractivity (Wildman–Crippen MR) is 277 cm³/mol. The summed E-state index contributed by atoms with van der Waals surface area (Å²) < 4.78 is 17.0. The Kier molecular flexibility index (Phi) is 50.0. The molecule has 0 saturated heterocycles. The fraction of sp³-hybridized carbons (Fsp3) is 0.946. The molecule has 0 aromatic rings. The predicted octanol–water partition coefficient (Wildman–Crippen LogP) is 15.7. The summed E-state index contributed by atoms with van der Waals surface area (Å²) in [5.41, 5.74) is 0. The van der Waals surface area contributed by atoms with Crippen molar-refractivity contribution in [1.29, 1.82) is 0 Å². The lowest BCUT2D eigenvalue weighted by Crippen LogP contribution is -2.32. The van der Waals surface area contributed by atoms with E-state index in [-0.39, 0.29) is 18.0 Å². The van der Waals surface area contributed by atoms with Crippen LogP contribution in [0.4, 0.5) is 4.79 Å². The summed E-state index contributed by atoms with van der Waals surface area (Å²) in [6.45, 7) is 8.84. The fourth-order valence-electron chi connectivity index (χ4n) is 8.69. The average molecular weight is 923 g/mol. The van der Waals surface area contributed by atoms with Crippen molar-refractivity contribution in [2.75, 3.05) is 60.5 Å². The highest BCUT2D eigenvalue weighted by molar-refractivity contribution is 5.69. The topological polar surface area (TPSA) is 97.4 Å². The molecule has 0 atom stereocenters. The van der Waals surface area contributed by atoms with E-state index in [0.29, 0.717) is 58.3 Å². The number of ether oxygens (including phenoxy) is 3. The van der Waals surface area contributed by atoms with Crippen LogP contribution in [0.1, 0.15) is 277 Å². The average Bonchev–Trinajstić information content (AvgIpc) is 3.29. The van der Waals surface area contributed by atoms with E-state index in [1.165, 1.54) is 186 Å². The number of nitrogens with zero attached hydrogens (tertiary/aromatic N) is 2. The molecule has 9 heteroatoms. The summed E-state index contributed by atoms with van der Waals surface area (Å²) in [7, 11) is 6.34. The van der Waals surface area contributed by atoms with Gasteiger partial charge in [-0.2, -0.15) is 0 Å². The first-order valence-electron chi connectivity index (χ1n) is 28.4. The van der Waals surface area contributed by atoms with E-state index in [0.717, 1.165) is 58.2 Å². The van der Waals surface area contributed by atoms with Crippen LogP contribution in [0.5, 0.6) is 0 Å². The second kappa shape index (κ2) is 51.5. The molecule has 0 aliphatic heterocycles. The fourth-order valence-corrected chi connectivity index (χ4v) is 8.69. The summed E-state index contributed by atoms with van der Waals surface area (Å²) in [4.78, 5) is 42.2. The molecule has 0 rings (SSSR count). The third-order valence-electron chi connectivity index (χ3n) is 13.0. The quantitative estimate of drug-likeness (QED) is 0.0366. The lowest BCUT2D eigenvalue weighted by molar-refractivity contribution is -0.144. The molecule has 65 heavy (non-hydrogen) atoms. The molecule has 0 aromatic heterocycles. The monoisotopic (exact) mass is 922 g/mol. The lowest BCUT2D eigenvalue weighted by atomic mass is 10.0. The zero-order valence-electron chi connectivity index (χ0n) is 44.2. The minimum absolute atomic E-state index is 0.135. The van der Waals surface area contributed by atoms with Gasteiger partial charge in [-0.15, -0.1) is 0 Å². The minimum Gasteiger partial charge on any atom is -0.466 e. The zero-order valence-corrected chi connectivity index (χ0v) is 44.2. The van der Waals surface area contributed by atoms with Crippen LogP contribution in [0.3, 0.4) is 0 Å². The van der Waals surface area contributed by atoms with Crippen LogP contribution in [0.2, 0.25) is 0 Å². The van der Waals surface area contributed by atoms with E-state index in [2.05, 4.69) is 50.1 Å². The van der Waals surface area contributed by atoms with E-state index in [1.54, 1.807) is 0 Å². The van der Waals surface area contributed by atoms with Crippen molar-refractivity contribution < 1.29 is 28.6 Å². The molecule has 0 aliphatic rings. The Bertz CT molecular complexity index is 957. The normalized spacial score (nSPS) is 11.6. The van der Waals surface area contributed by atoms with Crippen LogP contribution in [-0.4, -0.2) is 94.5 Å². The summed E-state index contributed by atoms with van der Waals surface area (Å²) in [5, 5.41) is 2.93. The molecule has 0 aliphatic carbocycles. The third-order valence-corrected chi connectivity index (χ3v) is 13.0. The van der Waals surface area contributed by atoms with Gasteiger partial charge in [-0.05, 0) is 98.6 Å². The molecular formula is C56H111N3O6. The van der Waals surface area contributed by atoms with Gasteiger partial charge in [-0.25, -0.2) is 4.79 Å². The zero-order chi connectivity index (χ0) is 47.5. The van der Waals surface area contributed by atoms with Crippen molar-refractivity contribution in [3.63, 3.8) is 0 Å². The number of carbonyl (C=O) groups is 3. The van der Waals surface area contributed by atoms with Gasteiger partial charge in [0.25, 0.3) is 0 Å². The number of rotatable bonds is 52. The highest BCUT2D eigenvalue weighted by atomic mass is 16.6. The smallest absolute Gasteiger partial charge is 0.407 e. The van der Waals surface area contributed by atoms with Gasteiger partial charge in [0, 0.05) is 19.4 Å². The molecule has 1 N–H and O–H groups in total. The number of hydrogen-bond acceptors (Lipinski definition) is 8. The second-order valence-electron chi connectivity index (χ2n) is 20.0. The van der Waals surface area contributed by atoms with Gasteiger partial charge in [0.15, 0.2) is 0 Å². The van der Waals surface area contributed by atoms with Crippen molar-refractivity contribution >= 4 is 18.0 Å². The highest BCUT2D eigenvalue weighted by Crippen LogP contribution is 2.17. The maximum Gasteiger partial charge on any atom is 0.407 e. The number of hydrogen-bond donors (Lipinski definition) is 1. The number of unbranched alkanes of at least 4 members (excludes halogenated alkanes) is 31. The first kappa shape index (κ1) is 63.1. The maximum absolute atomic E-state index is 12.8. The summed E-state index contributed by atoms with van der Waals surface area (Å²) >= 11 is 0. The Morgan fingerprint density at radius 3 is 1.08 bits per heavy atom. The molecule has 0 radical (unpaired) electrons. The highest BCUT2D eigenvalue weighted by Gasteiger charge is 2.16. The van der Waals surface area contributed by atoms with Gasteiger partial charge in [0.2, 0.25) is 0 Å². The second-order valence-corrected chi connectivity index (χ2v) is 20.0. The van der Waals surface area contributed by atoms with Crippen LogP contribution in [0.15, 0.2) is 0 Å². The standard InChI is InChI=1S/C56H111N3O6/c1-6-8-10-12-14-16-18-20-22-24-26-28-30-32-34-36-45-54(60)63-51-40-43-53(65-56(62)57-47-42-50-59(5)49-39-38-48-58(3)4)44-41-52-64-55(61)46-37-35-33-31-29-27-25-23-21-19-17-15-13-11-9-7-2/h53H,6-52H2,1-5H3,(H,57,62). The van der Waals surface area contributed by atoms with Crippen molar-refractivity contribution in [2.45, 2.75) is 283 Å². The molecule has 0 fully saturated rings. The van der Waals surface area contributed by atoms with Crippen molar-refractivity contribution in [2.24, 2.45) is 0 Å². The van der Waals surface area contributed by atoms with E-state index < -0.39 is 6.09 Å². The minimum atomic E-state index is -0.412. The lowest BCUT2D eigenvalue weighted by Gasteiger charge is -2.19. The van der Waals surface area contributed by atoms with Crippen molar-refractivity contribution in [3.05, 3.63) is 0 Å². The molecule has 0 spiro atoms. The van der Waals surface area contributed by atoms with Crippen LogP contribution >= 0.6 is 0 Å². The van der Waals surface area contributed by atoms with Crippen molar-refractivity contribution in [3.8, 4) is 0 Å². The Balaban J connectivity index is 4.25. The van der Waals surface area contributed by atoms with Gasteiger partial charge < -0.3 is 29.3 Å². The van der Waals surface area contributed by atoms with Gasteiger partial charge in [0.1, 0.15) is 6.10 Å². The molecule has 0 heterocycles. The van der Waals surface area contributed by atoms with E-state index in [4.69, 9.17) is 14.2 Å². The first-order valence-corrected chi connectivity index (χ1v) is 28.4. The summed E-state index contributed by atoms with van der Waals surface area (Å²) in [5.74, 6) is -0.269. The third kappa shape index (κ3) is 51.4. The van der Waals surface area contributed by atoms with Crippen LogP contribution < -0.4 is 5.32 Å². The molecular weight excluding hydrogens is 811 g/mol. The Labute approximate surface area is 404 Å². The van der Waals surface area contributed by atoms with Gasteiger partial charge in [0.05, 0.1) is 13.2 Å². The summed E-state index contributed by atoms with van der Waals surface area (Å²) in [6.07, 6.45) is 47.8. The molecule has 386 valence electrons. The molecule has 9 nitrogen and oxygen atoms in total. The number of alkyl carbamates (subject to hydrolysis) is 1. The Morgan fingerprint density at radius 1 is 0.400 bits per heavy atom. The van der Waals surface area contributed by atoms with Gasteiger partial charge >= 0.3 is 18.0 Å². The molecule has 0 unspecified atom stereocenters. The SMILES string of the molecule is CCCCCCCCCCCCCCCCCCC(=O)OCCCC(CCCOC(=O)CCCCCCCCCCCCCCCCCC)OC(=O)NCCCN(C)CCCCN(C)C. The van der Waals surface area contributed by atoms with Crippen LogP contribution in [0.25, 0.3) is 0 Å². The molecule has 0 aromatic carbocycles. The van der Waals surface area contributed by atoms with Crippen LogP contribution in [0, 0.1) is 0 Å². The Hall–Kier alpha value is -1.87. The number of carbonyl (C=O) groups excluding carboxylic acids is 3. The molecule has 1 amide bonds. The number of nitrogens with one attached hydrogen (secondary N) is 1. The van der Waals surface area contributed by atoms with E-state index >= 15 is 0 Å². The molecule has 0 saturated carbocycles. The first-order chi connectivity index (χ1) is 31.8. The van der Waals surface area contributed by atoms with Gasteiger partial charge in [-0.1, -0.05) is 206 Å². The number of amides is 1. The maximum atomic E-state index is 12.8.